The Morgan fingerprint density at radius 2 is 1.72 bits per heavy atom. The highest BCUT2D eigenvalue weighted by atomic mass is 16.5. The SMILES string of the molecule is COc1cc(N(C)CCN(C)C)c(NC(=O)/C=C/CN2CCC(N3CCN(C(C)(C)C)CC3)CC2)cc1Nc1nccc(-c2cn(C)c3ccccc23)n1. The van der Waals surface area contributed by atoms with Crippen LogP contribution in [0.4, 0.5) is 23.0 Å². The van der Waals surface area contributed by atoms with Gasteiger partial charge >= 0.3 is 0 Å². The van der Waals surface area contributed by atoms with Crippen LogP contribution >= 0.6 is 0 Å². The number of piperidine rings is 1. The lowest BCUT2D eigenvalue weighted by Crippen LogP contribution is -2.57. The Morgan fingerprint density at radius 1 is 0.981 bits per heavy atom. The van der Waals surface area contributed by atoms with E-state index in [4.69, 9.17) is 9.72 Å². The highest BCUT2D eigenvalue weighted by Gasteiger charge is 2.30. The second kappa shape index (κ2) is 17.3. The number of ether oxygens (including phenoxy) is 1. The first-order chi connectivity index (χ1) is 25.9. The Morgan fingerprint density at radius 3 is 2.43 bits per heavy atom. The van der Waals surface area contributed by atoms with Crippen molar-refractivity contribution >= 4 is 39.8 Å². The Kier molecular flexibility index (Phi) is 12.6. The summed E-state index contributed by atoms with van der Waals surface area (Å²) in [5, 5.41) is 7.67. The molecule has 12 heteroatoms. The summed E-state index contributed by atoms with van der Waals surface area (Å²) in [6.45, 7) is 16.0. The molecule has 2 aliphatic rings. The van der Waals surface area contributed by atoms with Gasteiger partial charge in [0.2, 0.25) is 11.9 Å². The maximum Gasteiger partial charge on any atom is 0.248 e. The number of aromatic nitrogens is 3. The first-order valence-corrected chi connectivity index (χ1v) is 19.3. The Labute approximate surface area is 321 Å². The van der Waals surface area contributed by atoms with Crippen LogP contribution in [-0.2, 0) is 11.8 Å². The monoisotopic (exact) mass is 736 g/mol. The molecule has 0 unspecified atom stereocenters. The number of carbonyl (C=O) groups is 1. The molecular formula is C42H60N10O2. The largest absolute Gasteiger partial charge is 0.494 e. The van der Waals surface area contributed by atoms with E-state index in [9.17, 15) is 4.79 Å². The molecule has 54 heavy (non-hydrogen) atoms. The van der Waals surface area contributed by atoms with Crippen LogP contribution < -0.4 is 20.3 Å². The number of hydrogen-bond donors (Lipinski definition) is 2. The molecule has 0 atom stereocenters. The third-order valence-electron chi connectivity index (χ3n) is 10.9. The second-order valence-corrected chi connectivity index (χ2v) is 16.0. The maximum absolute atomic E-state index is 13.5. The number of rotatable bonds is 13. The van der Waals surface area contributed by atoms with E-state index in [-0.39, 0.29) is 11.4 Å². The third kappa shape index (κ3) is 9.59. The first kappa shape index (κ1) is 39.2. The van der Waals surface area contributed by atoms with Gasteiger partial charge in [-0.15, -0.1) is 0 Å². The van der Waals surface area contributed by atoms with Crippen molar-refractivity contribution in [3.63, 3.8) is 0 Å². The lowest BCUT2D eigenvalue weighted by molar-refractivity contribution is -0.111. The van der Waals surface area contributed by atoms with E-state index in [1.807, 2.05) is 50.5 Å². The van der Waals surface area contributed by atoms with Crippen LogP contribution in [0.2, 0.25) is 0 Å². The highest BCUT2D eigenvalue weighted by molar-refractivity contribution is 6.02. The van der Waals surface area contributed by atoms with Gasteiger partial charge in [-0.25, -0.2) is 9.97 Å². The summed E-state index contributed by atoms with van der Waals surface area (Å²) in [7, 11) is 9.82. The molecule has 0 spiro atoms. The van der Waals surface area contributed by atoms with E-state index in [2.05, 4.69) is 97.9 Å². The van der Waals surface area contributed by atoms with Gasteiger partial charge < -0.3 is 29.7 Å². The summed E-state index contributed by atoms with van der Waals surface area (Å²) >= 11 is 0. The number of aryl methyl sites for hydroxylation is 1. The van der Waals surface area contributed by atoms with Crippen molar-refractivity contribution in [2.75, 3.05) is 103 Å². The maximum atomic E-state index is 13.5. The highest BCUT2D eigenvalue weighted by Crippen LogP contribution is 2.38. The number of likely N-dealkylation sites (tertiary alicyclic amines) is 1. The molecule has 290 valence electrons. The number of fused-ring (bicyclic) bond motifs is 1. The van der Waals surface area contributed by atoms with Gasteiger partial charge in [0.25, 0.3) is 0 Å². The fraction of sp³-hybridized carbons (Fsp3) is 0.500. The third-order valence-corrected chi connectivity index (χ3v) is 10.9. The minimum absolute atomic E-state index is 0.172. The van der Waals surface area contributed by atoms with Gasteiger partial charge in [-0.1, -0.05) is 24.3 Å². The number of anilines is 4. The Balaban J connectivity index is 1.13. The molecule has 2 aromatic heterocycles. The van der Waals surface area contributed by atoms with E-state index in [1.165, 1.54) is 12.8 Å². The van der Waals surface area contributed by atoms with E-state index in [1.54, 1.807) is 19.4 Å². The van der Waals surface area contributed by atoms with Crippen molar-refractivity contribution in [2.45, 2.75) is 45.2 Å². The standard InChI is InChI=1S/C42H60N10O2/c1-42(2,3)52-26-24-51(25-27-52)31-16-20-50(21-17-31)19-11-14-40(53)44-35-28-36(39(54-8)29-38(35)48(6)23-22-47(4)5)46-41-43-18-15-34(45-41)33-30-49(7)37-13-10-9-12-32(33)37/h9-15,18,28-31H,16-17,19-27H2,1-8H3,(H,44,53)(H,43,45,46)/b14-11+. The quantitative estimate of drug-likeness (QED) is 0.165. The van der Waals surface area contributed by atoms with E-state index in [0.717, 1.165) is 86.8 Å². The van der Waals surface area contributed by atoms with E-state index >= 15 is 0 Å². The van der Waals surface area contributed by atoms with Crippen molar-refractivity contribution in [3.05, 3.63) is 67.0 Å². The molecular weight excluding hydrogens is 677 g/mol. The molecule has 4 heterocycles. The number of nitrogens with zero attached hydrogens (tertiary/aromatic N) is 8. The minimum atomic E-state index is -0.172. The van der Waals surface area contributed by atoms with Gasteiger partial charge in [0.15, 0.2) is 0 Å². The van der Waals surface area contributed by atoms with E-state index < -0.39 is 0 Å². The Hall–Kier alpha value is -4.49. The average Bonchev–Trinajstić information content (AvgIpc) is 3.50. The molecule has 2 aromatic carbocycles. The number of carbonyl (C=O) groups excluding carboxylic acids is 1. The van der Waals surface area contributed by atoms with Crippen LogP contribution in [-0.4, -0.2) is 139 Å². The van der Waals surface area contributed by atoms with Crippen molar-refractivity contribution in [3.8, 4) is 17.0 Å². The molecule has 2 aliphatic heterocycles. The predicted molar refractivity (Wildman–Crippen MR) is 222 cm³/mol. The average molecular weight is 737 g/mol. The number of para-hydroxylation sites is 1. The smallest absolute Gasteiger partial charge is 0.248 e. The summed E-state index contributed by atoms with van der Waals surface area (Å²) in [6.07, 6.45) is 9.85. The molecule has 0 saturated carbocycles. The van der Waals surface area contributed by atoms with Gasteiger partial charge in [0.05, 0.1) is 29.9 Å². The predicted octanol–water partition coefficient (Wildman–Crippen LogP) is 5.76. The molecule has 2 saturated heterocycles. The number of piperazine rings is 1. The molecule has 2 fully saturated rings. The zero-order valence-corrected chi connectivity index (χ0v) is 33.6. The normalized spacial score (nSPS) is 16.8. The van der Waals surface area contributed by atoms with Crippen LogP contribution in [0, 0.1) is 0 Å². The van der Waals surface area contributed by atoms with Gasteiger partial charge in [0.1, 0.15) is 5.75 Å². The summed E-state index contributed by atoms with van der Waals surface area (Å²) in [4.78, 5) is 34.9. The van der Waals surface area contributed by atoms with Crippen molar-refractivity contribution in [1.29, 1.82) is 0 Å². The van der Waals surface area contributed by atoms with Crippen LogP contribution in [0.15, 0.2) is 67.0 Å². The summed E-state index contributed by atoms with van der Waals surface area (Å²) < 4.78 is 7.98. The molecule has 0 radical (unpaired) electrons. The molecule has 0 aliphatic carbocycles. The van der Waals surface area contributed by atoms with Gasteiger partial charge in [-0.2, -0.15) is 0 Å². The number of nitrogens with one attached hydrogen (secondary N) is 2. The fourth-order valence-corrected chi connectivity index (χ4v) is 7.67. The first-order valence-electron chi connectivity index (χ1n) is 19.3. The summed E-state index contributed by atoms with van der Waals surface area (Å²) in [5.41, 5.74) is 5.40. The van der Waals surface area contributed by atoms with Crippen molar-refractivity contribution in [2.24, 2.45) is 7.05 Å². The molecule has 1 amide bonds. The van der Waals surface area contributed by atoms with Crippen molar-refractivity contribution < 1.29 is 9.53 Å². The summed E-state index contributed by atoms with van der Waals surface area (Å²) in [6, 6.07) is 14.7. The molecule has 12 nitrogen and oxygen atoms in total. The number of likely N-dealkylation sites (N-methyl/N-ethyl adjacent to an activating group) is 2. The molecule has 6 rings (SSSR count). The topological polar surface area (TPSA) is 97.3 Å². The number of benzene rings is 2. The Bertz CT molecular complexity index is 1900. The van der Waals surface area contributed by atoms with Crippen molar-refractivity contribution in [1.82, 2.24) is 34.1 Å². The number of methoxy groups -OCH3 is 1. The molecule has 2 N–H and O–H groups in total. The number of hydrogen-bond acceptors (Lipinski definition) is 10. The lowest BCUT2D eigenvalue weighted by Gasteiger charge is -2.46. The zero-order valence-electron chi connectivity index (χ0n) is 33.6. The summed E-state index contributed by atoms with van der Waals surface area (Å²) in [5.74, 6) is 0.878. The zero-order chi connectivity index (χ0) is 38.4. The minimum Gasteiger partial charge on any atom is -0.494 e. The van der Waals surface area contributed by atoms with Gasteiger partial charge in [-0.05, 0) is 79.0 Å². The van der Waals surface area contributed by atoms with Gasteiger partial charge in [0, 0.05) is 112 Å². The van der Waals surface area contributed by atoms with Gasteiger partial charge in [-0.3, -0.25) is 19.5 Å². The van der Waals surface area contributed by atoms with Crippen LogP contribution in [0.5, 0.6) is 5.75 Å². The van der Waals surface area contributed by atoms with Crippen LogP contribution in [0.25, 0.3) is 22.2 Å². The molecule has 0 bridgehead atoms. The second-order valence-electron chi connectivity index (χ2n) is 16.0. The fourth-order valence-electron chi connectivity index (χ4n) is 7.67. The number of amides is 1. The van der Waals surface area contributed by atoms with E-state index in [0.29, 0.717) is 29.1 Å². The van der Waals surface area contributed by atoms with Crippen LogP contribution in [0.1, 0.15) is 33.6 Å². The lowest BCUT2D eigenvalue weighted by atomic mass is 10.0. The molecule has 4 aromatic rings. The van der Waals surface area contributed by atoms with Crippen LogP contribution in [0.3, 0.4) is 0 Å².